The number of nitrogens with zero attached hydrogens (tertiary/aromatic N) is 3. The number of carbonyl (C=O) groups is 1. The van der Waals surface area contributed by atoms with Crippen molar-refractivity contribution in [2.45, 2.75) is 6.54 Å². The molecule has 0 spiro atoms. The molecule has 0 unspecified atom stereocenters. The summed E-state index contributed by atoms with van der Waals surface area (Å²) < 4.78 is 25.2. The normalized spacial score (nSPS) is 12.6. The van der Waals surface area contributed by atoms with Gasteiger partial charge in [-0.3, -0.25) is 9.59 Å². The summed E-state index contributed by atoms with van der Waals surface area (Å²) >= 11 is 0. The number of hydrogen-bond donors (Lipinski definition) is 2. The molecule has 0 bridgehead atoms. The van der Waals surface area contributed by atoms with Crippen LogP contribution in [0.2, 0.25) is 0 Å². The number of aromatic nitrogens is 4. The van der Waals surface area contributed by atoms with Gasteiger partial charge in [-0.15, -0.1) is 5.10 Å². The van der Waals surface area contributed by atoms with Crippen LogP contribution in [0.1, 0.15) is 16.1 Å². The van der Waals surface area contributed by atoms with Crippen LogP contribution in [0.5, 0.6) is 11.5 Å². The smallest absolute Gasteiger partial charge is 0.277 e. The van der Waals surface area contributed by atoms with E-state index in [-0.39, 0.29) is 30.1 Å². The largest absolute Gasteiger partial charge is 0.454 e. The number of ether oxygens (including phenoxy) is 2. The average Bonchev–Trinajstić information content (AvgIpc) is 3.33. The van der Waals surface area contributed by atoms with E-state index >= 15 is 0 Å². The molecule has 28 heavy (non-hydrogen) atoms. The Morgan fingerprint density at radius 1 is 1.21 bits per heavy atom. The second-order valence-electron chi connectivity index (χ2n) is 6.18. The summed E-state index contributed by atoms with van der Waals surface area (Å²) in [6.45, 7) is 0.364. The third-order valence-corrected chi connectivity index (χ3v) is 4.43. The lowest BCUT2D eigenvalue weighted by Crippen LogP contribution is -2.25. The molecule has 1 aliphatic heterocycles. The number of H-pyrrole nitrogens is 1. The maximum Gasteiger partial charge on any atom is 0.277 e. The fourth-order valence-corrected chi connectivity index (χ4v) is 3.10. The zero-order chi connectivity index (χ0) is 19.3. The van der Waals surface area contributed by atoms with E-state index in [1.165, 1.54) is 22.7 Å². The number of rotatable bonds is 3. The van der Waals surface area contributed by atoms with E-state index in [4.69, 9.17) is 9.47 Å². The number of carbonyl (C=O) groups excluding carboxylic acids is 1. The first-order valence-corrected chi connectivity index (χ1v) is 8.34. The van der Waals surface area contributed by atoms with Gasteiger partial charge in [0, 0.05) is 6.54 Å². The van der Waals surface area contributed by atoms with Crippen molar-refractivity contribution in [3.05, 3.63) is 63.8 Å². The predicted octanol–water partition coefficient (Wildman–Crippen LogP) is 1.37. The molecule has 0 aliphatic carbocycles. The monoisotopic (exact) mass is 381 g/mol. The number of hydrogen-bond acceptors (Lipinski definition) is 6. The van der Waals surface area contributed by atoms with Gasteiger partial charge in [0.25, 0.3) is 11.5 Å². The Balaban J connectivity index is 1.46. The van der Waals surface area contributed by atoms with Crippen molar-refractivity contribution in [1.82, 2.24) is 25.1 Å². The van der Waals surface area contributed by atoms with Gasteiger partial charge in [0.2, 0.25) is 6.79 Å². The van der Waals surface area contributed by atoms with Crippen molar-refractivity contribution in [2.75, 3.05) is 6.79 Å². The lowest BCUT2D eigenvalue weighted by atomic mass is 10.2. The van der Waals surface area contributed by atoms with Crippen LogP contribution in [0.15, 0.2) is 41.2 Å². The van der Waals surface area contributed by atoms with Crippen molar-refractivity contribution in [3.8, 4) is 11.5 Å². The topological polar surface area (TPSA) is 111 Å². The molecule has 5 rings (SSSR count). The molecule has 1 aliphatic rings. The molecule has 4 aromatic rings. The van der Waals surface area contributed by atoms with Gasteiger partial charge in [0.05, 0.1) is 11.0 Å². The Morgan fingerprint density at radius 3 is 2.96 bits per heavy atom. The highest BCUT2D eigenvalue weighted by molar-refractivity contribution is 5.99. The number of amides is 1. The molecule has 0 radical (unpaired) electrons. The van der Waals surface area contributed by atoms with Crippen molar-refractivity contribution in [3.63, 3.8) is 0 Å². The van der Waals surface area contributed by atoms with Crippen LogP contribution >= 0.6 is 0 Å². The third-order valence-electron chi connectivity index (χ3n) is 4.43. The number of aromatic amines is 1. The minimum absolute atomic E-state index is 0.0118. The first kappa shape index (κ1) is 16.2. The maximum absolute atomic E-state index is 13.4. The molecule has 2 aromatic heterocycles. The lowest BCUT2D eigenvalue weighted by molar-refractivity contribution is 0.0947. The van der Waals surface area contributed by atoms with Crippen LogP contribution < -0.4 is 20.3 Å². The molecule has 3 heterocycles. The molecule has 140 valence electrons. The highest BCUT2D eigenvalue weighted by Gasteiger charge is 2.20. The van der Waals surface area contributed by atoms with E-state index in [9.17, 15) is 14.0 Å². The van der Waals surface area contributed by atoms with Crippen LogP contribution in [0.3, 0.4) is 0 Å². The Bertz CT molecular complexity index is 1310. The fourth-order valence-electron chi connectivity index (χ4n) is 3.10. The molecular formula is C18H12FN5O4. The SMILES string of the molecule is O=C(NCc1ccc2c(c1)OCO2)c1nnn2c1c(=O)[nH]c1cc(F)ccc12. The van der Waals surface area contributed by atoms with E-state index in [1.54, 1.807) is 18.2 Å². The molecule has 0 saturated carbocycles. The summed E-state index contributed by atoms with van der Waals surface area (Å²) in [6, 6.07) is 9.19. The van der Waals surface area contributed by atoms with E-state index in [2.05, 4.69) is 20.6 Å². The molecular weight excluding hydrogens is 369 g/mol. The van der Waals surface area contributed by atoms with Crippen LogP contribution in [-0.2, 0) is 6.54 Å². The highest BCUT2D eigenvalue weighted by atomic mass is 19.1. The molecule has 0 atom stereocenters. The zero-order valence-corrected chi connectivity index (χ0v) is 14.2. The third kappa shape index (κ3) is 2.54. The second kappa shape index (κ2) is 6.05. The van der Waals surface area contributed by atoms with Crippen LogP contribution in [0, 0.1) is 5.82 Å². The molecule has 10 heteroatoms. The summed E-state index contributed by atoms with van der Waals surface area (Å²) in [6.07, 6.45) is 0. The fraction of sp³-hybridized carbons (Fsp3) is 0.111. The van der Waals surface area contributed by atoms with Gasteiger partial charge in [-0.05, 0) is 35.9 Å². The molecule has 0 saturated heterocycles. The molecule has 9 nitrogen and oxygen atoms in total. The van der Waals surface area contributed by atoms with Crippen molar-refractivity contribution < 1.29 is 18.7 Å². The summed E-state index contributed by atoms with van der Waals surface area (Å²) in [7, 11) is 0. The predicted molar refractivity (Wildman–Crippen MR) is 94.8 cm³/mol. The van der Waals surface area contributed by atoms with Gasteiger partial charge in [-0.2, -0.15) is 0 Å². The minimum Gasteiger partial charge on any atom is -0.454 e. The molecule has 1 amide bonds. The summed E-state index contributed by atoms with van der Waals surface area (Å²) in [5.41, 5.74) is 0.767. The number of nitrogens with one attached hydrogen (secondary N) is 2. The first-order chi connectivity index (χ1) is 13.6. The number of halogens is 1. The number of benzene rings is 2. The van der Waals surface area contributed by atoms with Crippen molar-refractivity contribution >= 4 is 22.5 Å². The Kier molecular flexibility index (Phi) is 3.51. The Morgan fingerprint density at radius 2 is 2.07 bits per heavy atom. The van der Waals surface area contributed by atoms with Gasteiger partial charge < -0.3 is 19.8 Å². The Hall–Kier alpha value is -3.95. The maximum atomic E-state index is 13.4. The highest BCUT2D eigenvalue weighted by Crippen LogP contribution is 2.32. The van der Waals surface area contributed by atoms with Gasteiger partial charge in [0.15, 0.2) is 22.7 Å². The van der Waals surface area contributed by atoms with Crippen LogP contribution in [0.4, 0.5) is 4.39 Å². The first-order valence-electron chi connectivity index (χ1n) is 8.34. The van der Waals surface area contributed by atoms with E-state index in [0.29, 0.717) is 17.0 Å². The second-order valence-corrected chi connectivity index (χ2v) is 6.18. The lowest BCUT2D eigenvalue weighted by Gasteiger charge is -2.05. The van der Waals surface area contributed by atoms with Gasteiger partial charge in [-0.1, -0.05) is 11.3 Å². The van der Waals surface area contributed by atoms with Gasteiger partial charge in [0.1, 0.15) is 5.82 Å². The van der Waals surface area contributed by atoms with Crippen molar-refractivity contribution in [2.24, 2.45) is 0 Å². The van der Waals surface area contributed by atoms with Gasteiger partial charge in [-0.25, -0.2) is 8.91 Å². The van der Waals surface area contributed by atoms with E-state index in [0.717, 1.165) is 5.56 Å². The van der Waals surface area contributed by atoms with Crippen molar-refractivity contribution in [1.29, 1.82) is 0 Å². The van der Waals surface area contributed by atoms with Gasteiger partial charge >= 0.3 is 0 Å². The summed E-state index contributed by atoms with van der Waals surface area (Å²) in [5, 5.41) is 10.4. The minimum atomic E-state index is -0.587. The average molecular weight is 381 g/mol. The molecule has 0 fully saturated rings. The molecule has 2 N–H and O–H groups in total. The zero-order valence-electron chi connectivity index (χ0n) is 14.2. The standard InChI is InChI=1S/C18H12FN5O4/c19-10-2-3-12-11(6-10)21-18(26)16-15(22-23-24(12)16)17(25)20-7-9-1-4-13-14(5-9)28-8-27-13/h1-6H,7-8H2,(H,20,25)(H,21,26). The summed E-state index contributed by atoms with van der Waals surface area (Å²) in [5.74, 6) is 0.203. The van der Waals surface area contributed by atoms with Crippen LogP contribution in [-0.4, -0.2) is 32.5 Å². The quantitative estimate of drug-likeness (QED) is 0.555. The van der Waals surface area contributed by atoms with Crippen LogP contribution in [0.25, 0.3) is 16.6 Å². The summed E-state index contributed by atoms with van der Waals surface area (Å²) in [4.78, 5) is 27.5. The van der Waals surface area contributed by atoms with E-state index < -0.39 is 17.3 Å². The number of fused-ring (bicyclic) bond motifs is 4. The Labute approximate surface area is 155 Å². The molecule has 2 aromatic carbocycles. The van der Waals surface area contributed by atoms with E-state index in [1.807, 2.05) is 0 Å².